The zero-order chi connectivity index (χ0) is 13.2. The van der Waals surface area contributed by atoms with Crippen LogP contribution in [0.4, 0.5) is 0 Å². The minimum absolute atomic E-state index is 0.213. The van der Waals surface area contributed by atoms with Crippen molar-refractivity contribution in [3.63, 3.8) is 0 Å². The third kappa shape index (κ3) is 2.82. The van der Waals surface area contributed by atoms with Gasteiger partial charge in [0, 0.05) is 18.7 Å². The number of aryl methyl sites for hydroxylation is 1. The second-order valence-electron chi connectivity index (χ2n) is 6.24. The number of aromatic nitrogens is 2. The lowest BCUT2D eigenvalue weighted by atomic mass is 9.72. The van der Waals surface area contributed by atoms with Crippen molar-refractivity contribution in [2.24, 2.45) is 11.3 Å². The third-order valence-corrected chi connectivity index (χ3v) is 4.11. The number of carbonyl (C=O) groups is 1. The van der Waals surface area contributed by atoms with Crippen molar-refractivity contribution in [2.75, 3.05) is 0 Å². The largest absolute Gasteiger partial charge is 0.292 e. The number of rotatable bonds is 4. The van der Waals surface area contributed by atoms with Crippen molar-refractivity contribution < 1.29 is 4.79 Å². The molecule has 0 aromatic carbocycles. The topological polar surface area (TPSA) is 34.9 Å². The number of nitrogens with zero attached hydrogens (tertiary/aromatic N) is 2. The van der Waals surface area contributed by atoms with Gasteiger partial charge in [-0.05, 0) is 43.6 Å². The van der Waals surface area contributed by atoms with Gasteiger partial charge in [0.1, 0.15) is 5.69 Å². The van der Waals surface area contributed by atoms with Crippen LogP contribution in [0, 0.1) is 11.3 Å². The van der Waals surface area contributed by atoms with Crippen molar-refractivity contribution in [3.05, 3.63) is 18.0 Å². The molecule has 3 nitrogen and oxygen atoms in total. The summed E-state index contributed by atoms with van der Waals surface area (Å²) >= 11 is 0. The van der Waals surface area contributed by atoms with E-state index in [-0.39, 0.29) is 5.92 Å². The van der Waals surface area contributed by atoms with Crippen LogP contribution in [0.1, 0.15) is 63.4 Å². The molecule has 1 aromatic heterocycles. The molecule has 18 heavy (non-hydrogen) atoms. The molecule has 0 aliphatic heterocycles. The van der Waals surface area contributed by atoms with Gasteiger partial charge in [0.15, 0.2) is 5.78 Å². The number of Topliss-reactive ketones (excluding diaryl/α,β-unsaturated/α-hetero) is 1. The smallest absolute Gasteiger partial charge is 0.183 e. The normalized spacial score (nSPS) is 19.9. The summed E-state index contributed by atoms with van der Waals surface area (Å²) in [5.74, 6) is 0.516. The van der Waals surface area contributed by atoms with Crippen LogP contribution in [-0.4, -0.2) is 15.6 Å². The Morgan fingerprint density at radius 2 is 2.11 bits per heavy atom. The standard InChI is InChI=1S/C15H24N2O/c1-4-11-17-13(7-10-16-17)14(18)12-5-8-15(2,3)9-6-12/h7,10,12H,4-6,8-9,11H2,1-3H3. The van der Waals surface area contributed by atoms with Crippen molar-refractivity contribution in [1.82, 2.24) is 9.78 Å². The predicted molar refractivity (Wildman–Crippen MR) is 72.6 cm³/mol. The lowest BCUT2D eigenvalue weighted by molar-refractivity contribution is 0.0826. The van der Waals surface area contributed by atoms with Gasteiger partial charge in [0.05, 0.1) is 0 Å². The minimum Gasteiger partial charge on any atom is -0.292 e. The van der Waals surface area contributed by atoms with Crippen molar-refractivity contribution in [3.8, 4) is 0 Å². The summed E-state index contributed by atoms with van der Waals surface area (Å²) in [5.41, 5.74) is 1.22. The van der Waals surface area contributed by atoms with Crippen LogP contribution >= 0.6 is 0 Å². The number of carbonyl (C=O) groups excluding carboxylic acids is 1. The average molecular weight is 248 g/mol. The summed E-state index contributed by atoms with van der Waals surface area (Å²) in [6, 6.07) is 1.87. The van der Waals surface area contributed by atoms with E-state index in [0.717, 1.165) is 44.3 Å². The van der Waals surface area contributed by atoms with E-state index in [1.54, 1.807) is 6.20 Å². The van der Waals surface area contributed by atoms with Gasteiger partial charge >= 0.3 is 0 Å². The maximum atomic E-state index is 12.5. The fourth-order valence-electron chi connectivity index (χ4n) is 2.80. The Morgan fingerprint density at radius 3 is 2.72 bits per heavy atom. The molecule has 1 heterocycles. The Morgan fingerprint density at radius 1 is 1.44 bits per heavy atom. The van der Waals surface area contributed by atoms with Crippen LogP contribution in [-0.2, 0) is 6.54 Å². The Balaban J connectivity index is 2.05. The highest BCUT2D eigenvalue weighted by Crippen LogP contribution is 2.39. The Bertz CT molecular complexity index is 410. The third-order valence-electron chi connectivity index (χ3n) is 4.11. The first-order valence-electron chi connectivity index (χ1n) is 7.09. The van der Waals surface area contributed by atoms with Crippen LogP contribution in [0.3, 0.4) is 0 Å². The van der Waals surface area contributed by atoms with Gasteiger partial charge in [-0.2, -0.15) is 5.10 Å². The number of ketones is 1. The lowest BCUT2D eigenvalue weighted by Crippen LogP contribution is -2.27. The van der Waals surface area contributed by atoms with Crippen molar-refractivity contribution >= 4 is 5.78 Å². The molecule has 0 atom stereocenters. The van der Waals surface area contributed by atoms with Gasteiger partial charge in [0.25, 0.3) is 0 Å². The molecule has 3 heteroatoms. The maximum absolute atomic E-state index is 12.5. The first-order valence-corrected chi connectivity index (χ1v) is 7.09. The average Bonchev–Trinajstić information content (AvgIpc) is 2.77. The van der Waals surface area contributed by atoms with Gasteiger partial charge in [-0.1, -0.05) is 20.8 Å². The molecule has 1 saturated carbocycles. The Hall–Kier alpha value is -1.12. The Labute approximate surface area is 110 Å². The second kappa shape index (κ2) is 5.25. The number of hydrogen-bond donors (Lipinski definition) is 0. The van der Waals surface area contributed by atoms with E-state index in [2.05, 4.69) is 25.9 Å². The molecule has 1 aromatic rings. The highest BCUT2D eigenvalue weighted by atomic mass is 16.1. The molecule has 2 rings (SSSR count). The van der Waals surface area contributed by atoms with E-state index < -0.39 is 0 Å². The van der Waals surface area contributed by atoms with Crippen LogP contribution in [0.15, 0.2) is 12.3 Å². The fourth-order valence-corrected chi connectivity index (χ4v) is 2.80. The van der Waals surface area contributed by atoms with Crippen LogP contribution in [0.5, 0.6) is 0 Å². The molecule has 1 aliphatic rings. The number of hydrogen-bond acceptors (Lipinski definition) is 2. The predicted octanol–water partition coefficient (Wildman–Crippen LogP) is 3.69. The molecule has 1 aliphatic carbocycles. The molecule has 0 bridgehead atoms. The quantitative estimate of drug-likeness (QED) is 0.762. The fraction of sp³-hybridized carbons (Fsp3) is 0.733. The molecule has 0 amide bonds. The summed E-state index contributed by atoms with van der Waals surface area (Å²) in [7, 11) is 0. The van der Waals surface area contributed by atoms with Crippen molar-refractivity contribution in [2.45, 2.75) is 59.4 Å². The van der Waals surface area contributed by atoms with Gasteiger partial charge in [0.2, 0.25) is 0 Å². The molecule has 0 unspecified atom stereocenters. The van der Waals surface area contributed by atoms with Gasteiger partial charge < -0.3 is 0 Å². The summed E-state index contributed by atoms with van der Waals surface area (Å²) in [6.07, 6.45) is 7.14. The Kier molecular flexibility index (Phi) is 3.88. The molecule has 0 N–H and O–H groups in total. The summed E-state index contributed by atoms with van der Waals surface area (Å²) in [6.45, 7) is 7.55. The molecule has 0 saturated heterocycles. The van der Waals surface area contributed by atoms with E-state index in [9.17, 15) is 4.79 Å². The molecule has 100 valence electrons. The van der Waals surface area contributed by atoms with E-state index in [4.69, 9.17) is 0 Å². The van der Waals surface area contributed by atoms with Crippen LogP contribution < -0.4 is 0 Å². The van der Waals surface area contributed by atoms with Gasteiger partial charge in [-0.25, -0.2) is 0 Å². The molecule has 0 spiro atoms. The highest BCUT2D eigenvalue weighted by molar-refractivity contribution is 5.96. The van der Waals surface area contributed by atoms with E-state index in [1.165, 1.54) is 0 Å². The first kappa shape index (κ1) is 13.3. The monoisotopic (exact) mass is 248 g/mol. The molecule has 0 radical (unpaired) electrons. The summed E-state index contributed by atoms with van der Waals surface area (Å²) < 4.78 is 1.86. The second-order valence-corrected chi connectivity index (χ2v) is 6.24. The van der Waals surface area contributed by atoms with E-state index in [0.29, 0.717) is 11.2 Å². The lowest BCUT2D eigenvalue weighted by Gasteiger charge is -2.33. The summed E-state index contributed by atoms with van der Waals surface area (Å²) in [4.78, 5) is 12.5. The summed E-state index contributed by atoms with van der Waals surface area (Å²) in [5, 5.41) is 4.25. The minimum atomic E-state index is 0.213. The first-order chi connectivity index (χ1) is 8.53. The molecular formula is C15H24N2O. The molecular weight excluding hydrogens is 224 g/mol. The van der Waals surface area contributed by atoms with E-state index >= 15 is 0 Å². The maximum Gasteiger partial charge on any atom is 0.183 e. The van der Waals surface area contributed by atoms with Crippen LogP contribution in [0.25, 0.3) is 0 Å². The zero-order valence-corrected chi connectivity index (χ0v) is 11.8. The van der Waals surface area contributed by atoms with Gasteiger partial charge in [-0.3, -0.25) is 9.48 Å². The van der Waals surface area contributed by atoms with E-state index in [1.807, 2.05) is 10.7 Å². The molecule has 1 fully saturated rings. The van der Waals surface area contributed by atoms with Crippen LogP contribution in [0.2, 0.25) is 0 Å². The SMILES string of the molecule is CCCn1nccc1C(=O)C1CCC(C)(C)CC1. The zero-order valence-electron chi connectivity index (χ0n) is 11.8. The highest BCUT2D eigenvalue weighted by Gasteiger charge is 2.31. The van der Waals surface area contributed by atoms with Gasteiger partial charge in [-0.15, -0.1) is 0 Å². The van der Waals surface area contributed by atoms with Crippen molar-refractivity contribution in [1.29, 1.82) is 0 Å².